The van der Waals surface area contributed by atoms with Crippen LogP contribution in [0.15, 0.2) is 85.2 Å². The van der Waals surface area contributed by atoms with Crippen LogP contribution in [0.5, 0.6) is 0 Å². The summed E-state index contributed by atoms with van der Waals surface area (Å²) in [4.78, 5) is 25.8. The maximum Gasteiger partial charge on any atom is 0.309 e. The van der Waals surface area contributed by atoms with E-state index in [9.17, 15) is 14.7 Å². The summed E-state index contributed by atoms with van der Waals surface area (Å²) >= 11 is 6.36. The maximum absolute atomic E-state index is 13.9. The first-order chi connectivity index (χ1) is 19.7. The van der Waals surface area contributed by atoms with Gasteiger partial charge in [0.15, 0.2) is 0 Å². The summed E-state index contributed by atoms with van der Waals surface area (Å²) in [6, 6.07) is 15.4. The third-order valence-corrected chi connectivity index (χ3v) is 9.02. The van der Waals surface area contributed by atoms with Crippen LogP contribution in [-0.4, -0.2) is 42.7 Å². The number of amides is 1. The Morgan fingerprint density at radius 1 is 1.10 bits per heavy atom. The lowest BCUT2D eigenvalue weighted by Crippen LogP contribution is -2.59. The Morgan fingerprint density at radius 3 is 2.41 bits per heavy atom. The molecular formula is C32H34ClN5O3. The molecule has 1 unspecified atom stereocenters. The van der Waals surface area contributed by atoms with Crippen LogP contribution >= 0.6 is 11.6 Å². The molecule has 1 amide bonds. The van der Waals surface area contributed by atoms with Crippen molar-refractivity contribution in [3.05, 3.63) is 101 Å². The van der Waals surface area contributed by atoms with Crippen LogP contribution in [-0.2, 0) is 16.0 Å². The third-order valence-electron chi connectivity index (χ3n) is 8.79. The highest BCUT2D eigenvalue weighted by Gasteiger charge is 2.53. The minimum absolute atomic E-state index is 0.0765. The number of allylic oxidation sites excluding steroid dienone is 4. The van der Waals surface area contributed by atoms with Gasteiger partial charge in [0, 0.05) is 16.1 Å². The molecular weight excluding hydrogens is 538 g/mol. The molecule has 1 atom stereocenters. The molecule has 3 aliphatic carbocycles. The molecule has 41 heavy (non-hydrogen) atoms. The lowest BCUT2D eigenvalue weighted by atomic mass is 9.57. The largest absolute Gasteiger partial charge is 0.481 e. The van der Waals surface area contributed by atoms with Crippen molar-refractivity contribution in [2.24, 2.45) is 11.3 Å². The number of rotatable bonds is 10. The molecule has 0 saturated heterocycles. The van der Waals surface area contributed by atoms with Crippen LogP contribution in [0.25, 0.3) is 11.3 Å². The van der Waals surface area contributed by atoms with Gasteiger partial charge in [-0.1, -0.05) is 66.7 Å². The highest BCUT2D eigenvalue weighted by Crippen LogP contribution is 2.52. The molecule has 1 heterocycles. The second-order valence-electron chi connectivity index (χ2n) is 11.2. The van der Waals surface area contributed by atoms with Crippen molar-refractivity contribution in [1.29, 1.82) is 0 Å². The number of hydrogen-bond donors (Lipinski definition) is 2. The van der Waals surface area contributed by atoms with Crippen LogP contribution in [0.3, 0.4) is 0 Å². The van der Waals surface area contributed by atoms with E-state index in [2.05, 4.69) is 27.4 Å². The van der Waals surface area contributed by atoms with Gasteiger partial charge in [0.05, 0.1) is 17.0 Å². The number of hydrogen-bond acceptors (Lipinski definition) is 5. The Bertz CT molecular complexity index is 1470. The smallest absolute Gasteiger partial charge is 0.309 e. The Kier molecular flexibility index (Phi) is 8.22. The molecule has 1 aromatic heterocycles. The van der Waals surface area contributed by atoms with Crippen LogP contribution in [0.1, 0.15) is 56.6 Å². The summed E-state index contributed by atoms with van der Waals surface area (Å²) in [6.07, 6.45) is 11.7. The van der Waals surface area contributed by atoms with E-state index < -0.39 is 17.3 Å². The van der Waals surface area contributed by atoms with Crippen LogP contribution < -0.4 is 5.32 Å². The molecule has 2 bridgehead atoms. The second kappa shape index (κ2) is 11.8. The number of aliphatic carboxylic acids is 1. The lowest BCUT2D eigenvalue weighted by Gasteiger charge is -2.51. The molecule has 8 nitrogen and oxygen atoms in total. The third kappa shape index (κ3) is 6.03. The zero-order valence-corrected chi connectivity index (χ0v) is 23.8. The molecule has 3 fully saturated rings. The van der Waals surface area contributed by atoms with Crippen LogP contribution in [0, 0.1) is 11.3 Å². The highest BCUT2D eigenvalue weighted by molar-refractivity contribution is 6.30. The number of halogens is 1. The molecule has 0 aliphatic heterocycles. The number of carbonyl (C=O) groups excluding carboxylic acids is 1. The first-order valence-electron chi connectivity index (χ1n) is 13.9. The molecule has 212 valence electrons. The Labute approximate surface area is 244 Å². The highest BCUT2D eigenvalue weighted by atomic mass is 35.5. The summed E-state index contributed by atoms with van der Waals surface area (Å²) < 4.78 is 1.58. The molecule has 2 N–H and O–H groups in total. The van der Waals surface area contributed by atoms with Gasteiger partial charge >= 0.3 is 5.97 Å². The number of fused-ring (bicyclic) bond motifs is 3. The minimum Gasteiger partial charge on any atom is -0.481 e. The molecule has 3 aromatic rings. The molecule has 0 spiro atoms. The van der Waals surface area contributed by atoms with Crippen molar-refractivity contribution in [3.8, 4) is 5.69 Å². The van der Waals surface area contributed by atoms with Crippen molar-refractivity contribution < 1.29 is 14.7 Å². The minimum atomic E-state index is -0.708. The molecule has 3 aliphatic rings. The first-order valence-corrected chi connectivity index (χ1v) is 14.3. The quantitative estimate of drug-likeness (QED) is 0.289. The average Bonchev–Trinajstić information content (AvgIpc) is 3.52. The standard InChI is InChI=1S/C32H34ClN5O3/c1-3-24(27-20-25(33)11-12-28(27)38-21-34-36-37-38)10-9-22(2)26(19-23-7-5-4-6-8-23)29(39)35-32-16-13-31(14-17-32,15-18-32)30(40)41/h3-12,20-21,26H,2,13-19H2,1H3,(H,35,39)(H,40,41)/b10-9-,24-3+. The number of carboxylic acid groups (broad SMARTS) is 1. The Balaban J connectivity index is 1.39. The van der Waals surface area contributed by atoms with Gasteiger partial charge in [-0.15, -0.1) is 5.10 Å². The van der Waals surface area contributed by atoms with Gasteiger partial charge in [0.2, 0.25) is 5.91 Å². The van der Waals surface area contributed by atoms with Crippen LogP contribution in [0.2, 0.25) is 5.02 Å². The predicted octanol–water partition coefficient (Wildman–Crippen LogP) is 5.98. The van der Waals surface area contributed by atoms with E-state index in [1.165, 1.54) is 6.33 Å². The van der Waals surface area contributed by atoms with Gasteiger partial charge < -0.3 is 10.4 Å². The van der Waals surface area contributed by atoms with Crippen molar-refractivity contribution >= 4 is 29.1 Å². The number of nitrogens with zero attached hydrogens (tertiary/aromatic N) is 4. The SMILES string of the molecule is C=C(/C=C\C(=C/C)c1cc(Cl)ccc1-n1cnnn1)C(Cc1ccccc1)C(=O)NC12CCC(C(=O)O)(CC1)CC2. The fourth-order valence-electron chi connectivity index (χ4n) is 6.15. The zero-order chi connectivity index (χ0) is 29.0. The van der Waals surface area contributed by atoms with E-state index in [4.69, 9.17) is 11.6 Å². The lowest BCUT2D eigenvalue weighted by molar-refractivity contribution is -0.157. The fraction of sp³-hybridized carbons (Fsp3) is 0.344. The van der Waals surface area contributed by atoms with Crippen LogP contribution in [0.4, 0.5) is 0 Å². The predicted molar refractivity (Wildman–Crippen MR) is 158 cm³/mol. The van der Waals surface area contributed by atoms with E-state index in [0.29, 0.717) is 55.5 Å². The molecule has 6 rings (SSSR count). The van der Waals surface area contributed by atoms with Gasteiger partial charge in [-0.3, -0.25) is 9.59 Å². The monoisotopic (exact) mass is 571 g/mol. The number of nitrogens with one attached hydrogen (secondary N) is 1. The van der Waals surface area contributed by atoms with Crippen molar-refractivity contribution in [2.75, 3.05) is 0 Å². The Morgan fingerprint density at radius 2 is 1.80 bits per heavy atom. The average molecular weight is 572 g/mol. The maximum atomic E-state index is 13.9. The van der Waals surface area contributed by atoms with Gasteiger partial charge in [-0.25, -0.2) is 0 Å². The van der Waals surface area contributed by atoms with Crippen molar-refractivity contribution in [2.45, 2.75) is 57.4 Å². The topological polar surface area (TPSA) is 110 Å². The number of tetrazole rings is 1. The van der Waals surface area contributed by atoms with E-state index in [0.717, 1.165) is 22.4 Å². The summed E-state index contributed by atoms with van der Waals surface area (Å²) in [5.41, 5.74) is 3.22. The number of carbonyl (C=O) groups is 2. The Hall–Kier alpha value is -4.04. The normalized spacial score (nSPS) is 22.9. The van der Waals surface area contributed by atoms with Gasteiger partial charge in [0.1, 0.15) is 6.33 Å². The van der Waals surface area contributed by atoms with E-state index in [-0.39, 0.29) is 11.4 Å². The van der Waals surface area contributed by atoms with E-state index in [1.54, 1.807) is 10.7 Å². The summed E-state index contributed by atoms with van der Waals surface area (Å²) in [5.74, 6) is -1.28. The van der Waals surface area contributed by atoms with Gasteiger partial charge in [0.25, 0.3) is 0 Å². The van der Waals surface area contributed by atoms with Gasteiger partial charge in [-0.2, -0.15) is 4.68 Å². The molecule has 0 radical (unpaired) electrons. The number of benzene rings is 2. The summed E-state index contributed by atoms with van der Waals surface area (Å²) in [5, 5.41) is 25.2. The summed E-state index contributed by atoms with van der Waals surface area (Å²) in [7, 11) is 0. The van der Waals surface area contributed by atoms with E-state index >= 15 is 0 Å². The number of carboxylic acids is 1. The first kappa shape index (κ1) is 28.5. The van der Waals surface area contributed by atoms with Crippen molar-refractivity contribution in [1.82, 2.24) is 25.5 Å². The molecule has 3 saturated carbocycles. The van der Waals surface area contributed by atoms with E-state index in [1.807, 2.05) is 67.6 Å². The second-order valence-corrected chi connectivity index (χ2v) is 11.6. The zero-order valence-electron chi connectivity index (χ0n) is 23.1. The van der Waals surface area contributed by atoms with Crippen molar-refractivity contribution in [3.63, 3.8) is 0 Å². The molecule has 9 heteroatoms. The van der Waals surface area contributed by atoms with Gasteiger partial charge in [-0.05, 0) is 97.2 Å². The fourth-order valence-corrected chi connectivity index (χ4v) is 6.32. The number of aromatic nitrogens is 4. The molecule has 2 aromatic carbocycles. The summed E-state index contributed by atoms with van der Waals surface area (Å²) in [6.45, 7) is 6.27.